The van der Waals surface area contributed by atoms with Gasteiger partial charge in [0.15, 0.2) is 0 Å². The topological polar surface area (TPSA) is 44.7 Å². The molecule has 2 aromatic rings. The van der Waals surface area contributed by atoms with Crippen molar-refractivity contribution < 1.29 is 4.79 Å². The monoisotopic (exact) mass is 399 g/mol. The summed E-state index contributed by atoms with van der Waals surface area (Å²) in [7, 11) is 0. The first-order chi connectivity index (χ1) is 12.1. The summed E-state index contributed by atoms with van der Waals surface area (Å²) in [6.07, 6.45) is 3.49. The van der Waals surface area contributed by atoms with Gasteiger partial charge in [-0.1, -0.05) is 30.3 Å². The Bertz CT molecular complexity index is 735. The molecule has 0 unspecified atom stereocenters. The molecule has 0 aliphatic carbocycles. The van der Waals surface area contributed by atoms with Crippen LogP contribution in [0.15, 0.2) is 64.2 Å². The van der Waals surface area contributed by atoms with Gasteiger partial charge in [0, 0.05) is 28.8 Å². The van der Waals surface area contributed by atoms with Crippen molar-refractivity contribution in [1.29, 1.82) is 0 Å². The standard InChI is InChI=1S/C20H22BrN3O/c1-3-24(4-2)19-12-10-17(11-13-19)20(25)23-22-15-18(21)14-16-8-6-5-7-9-16/h5-15H,3-4H2,1-2H3,(H,23,25)/b18-14-,22-15+. The second-order valence-corrected chi connectivity index (χ2v) is 6.27. The van der Waals surface area contributed by atoms with Crippen molar-refractivity contribution in [1.82, 2.24) is 5.43 Å². The zero-order chi connectivity index (χ0) is 18.1. The van der Waals surface area contributed by atoms with Gasteiger partial charge < -0.3 is 4.90 Å². The van der Waals surface area contributed by atoms with Crippen molar-refractivity contribution in [3.8, 4) is 0 Å². The molecule has 0 saturated carbocycles. The zero-order valence-electron chi connectivity index (χ0n) is 14.4. The molecule has 130 valence electrons. The molecule has 5 heteroatoms. The molecule has 2 rings (SSSR count). The summed E-state index contributed by atoms with van der Waals surface area (Å²) in [6.45, 7) is 6.10. The summed E-state index contributed by atoms with van der Waals surface area (Å²) < 4.78 is 0.774. The molecule has 0 aromatic heterocycles. The first-order valence-electron chi connectivity index (χ1n) is 8.24. The fraction of sp³-hybridized carbons (Fsp3) is 0.200. The lowest BCUT2D eigenvalue weighted by Crippen LogP contribution is -2.22. The third kappa shape index (κ3) is 5.87. The molecule has 2 aromatic carbocycles. The Kier molecular flexibility index (Phi) is 7.41. The van der Waals surface area contributed by atoms with E-state index in [-0.39, 0.29) is 5.91 Å². The molecule has 0 heterocycles. The van der Waals surface area contributed by atoms with Crippen molar-refractivity contribution in [3.63, 3.8) is 0 Å². The summed E-state index contributed by atoms with van der Waals surface area (Å²) in [5.74, 6) is -0.234. The highest BCUT2D eigenvalue weighted by Crippen LogP contribution is 2.15. The number of nitrogens with zero attached hydrogens (tertiary/aromatic N) is 2. The van der Waals surface area contributed by atoms with Crippen molar-refractivity contribution in [2.45, 2.75) is 13.8 Å². The molecule has 1 N–H and O–H groups in total. The van der Waals surface area contributed by atoms with Gasteiger partial charge in [0.25, 0.3) is 5.91 Å². The number of hydrazone groups is 1. The molecule has 0 saturated heterocycles. The molecule has 0 fully saturated rings. The molecule has 0 bridgehead atoms. The van der Waals surface area contributed by atoms with Crippen LogP contribution in [0.25, 0.3) is 6.08 Å². The molecule has 0 atom stereocenters. The lowest BCUT2D eigenvalue weighted by atomic mass is 10.2. The van der Waals surface area contributed by atoms with Crippen LogP contribution in [0, 0.1) is 0 Å². The maximum absolute atomic E-state index is 12.1. The van der Waals surface area contributed by atoms with Crippen LogP contribution in [0.4, 0.5) is 5.69 Å². The fourth-order valence-electron chi connectivity index (χ4n) is 2.38. The quantitative estimate of drug-likeness (QED) is 0.542. The molecular formula is C20H22BrN3O. The Balaban J connectivity index is 1.94. The molecule has 0 aliphatic rings. The summed E-state index contributed by atoms with van der Waals surface area (Å²) in [4.78, 5) is 14.4. The number of amides is 1. The maximum atomic E-state index is 12.1. The normalized spacial score (nSPS) is 11.6. The van der Waals surface area contributed by atoms with Gasteiger partial charge in [0.1, 0.15) is 0 Å². The van der Waals surface area contributed by atoms with Crippen LogP contribution in [-0.4, -0.2) is 25.2 Å². The van der Waals surface area contributed by atoms with E-state index in [4.69, 9.17) is 0 Å². The molecule has 1 amide bonds. The first-order valence-corrected chi connectivity index (χ1v) is 9.04. The van der Waals surface area contributed by atoms with Crippen molar-refractivity contribution in [2.24, 2.45) is 5.10 Å². The van der Waals surface area contributed by atoms with Gasteiger partial charge in [-0.25, -0.2) is 5.43 Å². The van der Waals surface area contributed by atoms with Gasteiger partial charge in [-0.05, 0) is 65.7 Å². The number of halogens is 1. The Morgan fingerprint density at radius 1 is 1.08 bits per heavy atom. The molecule has 0 spiro atoms. The average Bonchev–Trinajstić information content (AvgIpc) is 2.64. The van der Waals surface area contributed by atoms with E-state index in [0.29, 0.717) is 5.56 Å². The Morgan fingerprint density at radius 3 is 2.32 bits per heavy atom. The number of hydrogen-bond donors (Lipinski definition) is 1. The number of carbonyl (C=O) groups excluding carboxylic acids is 1. The first kappa shape index (κ1) is 18.9. The van der Waals surface area contributed by atoms with Gasteiger partial charge in [0.05, 0.1) is 6.21 Å². The second kappa shape index (κ2) is 9.79. The summed E-state index contributed by atoms with van der Waals surface area (Å²) in [5, 5.41) is 3.98. The Hall–Kier alpha value is -2.40. The van der Waals surface area contributed by atoms with Gasteiger partial charge in [-0.2, -0.15) is 5.10 Å². The van der Waals surface area contributed by atoms with Crippen LogP contribution in [0.1, 0.15) is 29.8 Å². The van der Waals surface area contributed by atoms with Gasteiger partial charge in [-0.3, -0.25) is 4.79 Å². The zero-order valence-corrected chi connectivity index (χ0v) is 16.0. The largest absolute Gasteiger partial charge is 0.372 e. The third-order valence-electron chi connectivity index (χ3n) is 3.72. The minimum atomic E-state index is -0.234. The number of anilines is 1. The smallest absolute Gasteiger partial charge is 0.271 e. The Labute approximate surface area is 157 Å². The lowest BCUT2D eigenvalue weighted by Gasteiger charge is -2.20. The van der Waals surface area contributed by atoms with Crippen molar-refractivity contribution >= 4 is 39.8 Å². The van der Waals surface area contributed by atoms with Crippen molar-refractivity contribution in [3.05, 3.63) is 70.2 Å². The summed E-state index contributed by atoms with van der Waals surface area (Å²) in [6, 6.07) is 17.4. The van der Waals surface area contributed by atoms with Crippen LogP contribution >= 0.6 is 15.9 Å². The molecule has 4 nitrogen and oxygen atoms in total. The Morgan fingerprint density at radius 2 is 1.72 bits per heavy atom. The van der Waals surface area contributed by atoms with Crippen LogP contribution in [0.2, 0.25) is 0 Å². The van der Waals surface area contributed by atoms with Gasteiger partial charge in [0.2, 0.25) is 0 Å². The van der Waals surface area contributed by atoms with E-state index in [1.165, 1.54) is 0 Å². The predicted molar refractivity (Wildman–Crippen MR) is 109 cm³/mol. The lowest BCUT2D eigenvalue weighted by molar-refractivity contribution is 0.0955. The molecule has 0 aliphatic heterocycles. The fourth-order valence-corrected chi connectivity index (χ4v) is 2.74. The molecular weight excluding hydrogens is 378 g/mol. The number of carbonyl (C=O) groups is 1. The highest BCUT2D eigenvalue weighted by molar-refractivity contribution is 9.12. The number of nitrogens with one attached hydrogen (secondary N) is 1. The van der Waals surface area contributed by atoms with E-state index < -0.39 is 0 Å². The molecule has 0 radical (unpaired) electrons. The number of rotatable bonds is 7. The highest BCUT2D eigenvalue weighted by Gasteiger charge is 2.06. The minimum Gasteiger partial charge on any atom is -0.372 e. The van der Waals surface area contributed by atoms with E-state index >= 15 is 0 Å². The average molecular weight is 400 g/mol. The van der Waals surface area contributed by atoms with Gasteiger partial charge >= 0.3 is 0 Å². The highest BCUT2D eigenvalue weighted by atomic mass is 79.9. The number of hydrogen-bond acceptors (Lipinski definition) is 3. The number of benzene rings is 2. The van der Waals surface area contributed by atoms with Crippen LogP contribution < -0.4 is 10.3 Å². The van der Waals surface area contributed by atoms with E-state index in [2.05, 4.69) is 45.2 Å². The summed E-state index contributed by atoms with van der Waals surface area (Å²) in [5.41, 5.74) is 5.28. The predicted octanol–water partition coefficient (Wildman–Crippen LogP) is 4.68. The summed E-state index contributed by atoms with van der Waals surface area (Å²) >= 11 is 3.42. The van der Waals surface area contributed by atoms with E-state index in [1.54, 1.807) is 6.21 Å². The van der Waals surface area contributed by atoms with Crippen LogP contribution in [0.3, 0.4) is 0 Å². The SMILES string of the molecule is CCN(CC)c1ccc(C(=O)N/N=C/C(Br)=C/c2ccccc2)cc1. The van der Waals surface area contributed by atoms with Crippen molar-refractivity contribution in [2.75, 3.05) is 18.0 Å². The molecule has 25 heavy (non-hydrogen) atoms. The minimum absolute atomic E-state index is 0.234. The second-order valence-electron chi connectivity index (χ2n) is 5.36. The van der Waals surface area contributed by atoms with E-state index in [9.17, 15) is 4.79 Å². The third-order valence-corrected chi connectivity index (χ3v) is 4.15. The van der Waals surface area contributed by atoms with Crippen LogP contribution in [0.5, 0.6) is 0 Å². The maximum Gasteiger partial charge on any atom is 0.271 e. The van der Waals surface area contributed by atoms with E-state index in [1.807, 2.05) is 60.7 Å². The van der Waals surface area contributed by atoms with Gasteiger partial charge in [-0.15, -0.1) is 0 Å². The number of allylic oxidation sites excluding steroid dienone is 1. The van der Waals surface area contributed by atoms with E-state index in [0.717, 1.165) is 28.8 Å². The van der Waals surface area contributed by atoms with Crippen LogP contribution in [-0.2, 0) is 0 Å².